The highest BCUT2D eigenvalue weighted by Gasteiger charge is 2.37. The number of allylic oxidation sites excluding steroid dienone is 3. The van der Waals surface area contributed by atoms with Crippen molar-refractivity contribution in [2.75, 3.05) is 7.11 Å². The van der Waals surface area contributed by atoms with Crippen molar-refractivity contribution in [1.82, 2.24) is 5.32 Å². The van der Waals surface area contributed by atoms with Gasteiger partial charge in [-0.2, -0.15) is 5.26 Å². The molecule has 5 heteroatoms. The van der Waals surface area contributed by atoms with Gasteiger partial charge in [0.25, 0.3) is 0 Å². The lowest BCUT2D eigenvalue weighted by atomic mass is 9.82. The van der Waals surface area contributed by atoms with Crippen LogP contribution in [0.3, 0.4) is 0 Å². The molecular weight excluding hydrogens is 280 g/mol. The van der Waals surface area contributed by atoms with Crippen LogP contribution in [0.2, 0.25) is 0 Å². The molecule has 1 N–H and O–H groups in total. The molecule has 1 aliphatic heterocycles. The van der Waals surface area contributed by atoms with E-state index < -0.39 is 11.9 Å². The van der Waals surface area contributed by atoms with Crippen LogP contribution < -0.4 is 5.32 Å². The summed E-state index contributed by atoms with van der Waals surface area (Å²) in [6.07, 6.45) is 0. The first-order chi connectivity index (χ1) is 10.4. The summed E-state index contributed by atoms with van der Waals surface area (Å²) in [5.74, 6) is 0.444. The summed E-state index contributed by atoms with van der Waals surface area (Å²) in [7, 11) is 1.33. The minimum atomic E-state index is -0.537. The molecule has 5 nitrogen and oxygen atoms in total. The Kier molecular flexibility index (Phi) is 4.41. The highest BCUT2D eigenvalue weighted by atomic mass is 16.5. The highest BCUT2D eigenvalue weighted by molar-refractivity contribution is 5.92. The number of hydrogen-bond donors (Lipinski definition) is 1. The summed E-state index contributed by atoms with van der Waals surface area (Å²) in [6.45, 7) is 7.64. The van der Waals surface area contributed by atoms with E-state index in [1.165, 1.54) is 7.11 Å². The number of hydrogen-bond acceptors (Lipinski definition) is 5. The first kappa shape index (κ1) is 15.9. The van der Waals surface area contributed by atoms with Crippen molar-refractivity contribution in [2.24, 2.45) is 5.92 Å². The predicted molar refractivity (Wildman–Crippen MR) is 81.5 cm³/mol. The Morgan fingerprint density at radius 1 is 1.41 bits per heavy atom. The lowest BCUT2D eigenvalue weighted by Gasteiger charge is -2.29. The van der Waals surface area contributed by atoms with E-state index in [9.17, 15) is 10.1 Å². The summed E-state index contributed by atoms with van der Waals surface area (Å²) in [4.78, 5) is 12.2. The smallest absolute Gasteiger partial charge is 0.336 e. The minimum Gasteiger partial charge on any atom is -0.466 e. The molecule has 0 radical (unpaired) electrons. The molecule has 0 aliphatic carbocycles. The minimum absolute atomic E-state index is 0.127. The third-order valence-electron chi connectivity index (χ3n) is 3.74. The number of nitriles is 1. The van der Waals surface area contributed by atoms with Crippen LogP contribution in [0.4, 0.5) is 0 Å². The lowest BCUT2D eigenvalue weighted by Crippen LogP contribution is -2.31. The van der Waals surface area contributed by atoms with Gasteiger partial charge in [0.05, 0.1) is 30.2 Å². The van der Waals surface area contributed by atoms with Crippen molar-refractivity contribution in [2.45, 2.75) is 33.6 Å². The topological polar surface area (TPSA) is 75.3 Å². The van der Waals surface area contributed by atoms with Crippen molar-refractivity contribution >= 4 is 5.97 Å². The normalized spacial score (nSPS) is 18.3. The van der Waals surface area contributed by atoms with Crippen LogP contribution >= 0.6 is 0 Å². The van der Waals surface area contributed by atoms with Gasteiger partial charge in [-0.1, -0.05) is 13.8 Å². The van der Waals surface area contributed by atoms with Gasteiger partial charge in [-0.15, -0.1) is 0 Å². The van der Waals surface area contributed by atoms with E-state index in [1.807, 2.05) is 33.8 Å². The Balaban J connectivity index is 2.68. The number of furan rings is 1. The zero-order valence-electron chi connectivity index (χ0n) is 13.5. The summed E-state index contributed by atoms with van der Waals surface area (Å²) in [5.41, 5.74) is 2.41. The van der Waals surface area contributed by atoms with E-state index in [-0.39, 0.29) is 5.92 Å². The van der Waals surface area contributed by atoms with Gasteiger partial charge in [-0.3, -0.25) is 0 Å². The number of esters is 1. The predicted octanol–water partition coefficient (Wildman–Crippen LogP) is 3.16. The molecule has 2 rings (SSSR count). The molecule has 1 unspecified atom stereocenters. The van der Waals surface area contributed by atoms with Crippen molar-refractivity contribution in [1.29, 1.82) is 5.26 Å². The van der Waals surface area contributed by atoms with E-state index in [1.54, 1.807) is 6.07 Å². The lowest BCUT2D eigenvalue weighted by molar-refractivity contribution is -0.136. The molecule has 0 fully saturated rings. The molecule has 116 valence electrons. The maximum atomic E-state index is 12.2. The maximum Gasteiger partial charge on any atom is 0.336 e. The first-order valence-corrected chi connectivity index (χ1v) is 7.17. The second kappa shape index (κ2) is 6.10. The molecule has 22 heavy (non-hydrogen) atoms. The molecule has 0 amide bonds. The molecule has 2 heterocycles. The quantitative estimate of drug-likeness (QED) is 0.868. The van der Waals surface area contributed by atoms with E-state index >= 15 is 0 Å². The van der Waals surface area contributed by atoms with Gasteiger partial charge in [-0.25, -0.2) is 4.79 Å². The fraction of sp³-hybridized carbons (Fsp3) is 0.412. The standard InChI is InChI=1S/C17H20N2O3/c1-9(2)16-12(8-18)15(13-7-6-10(3)22-13)14(11(4)19-16)17(20)21-5/h6-7,9,15,19H,1-5H3. The molecule has 0 spiro atoms. The van der Waals surface area contributed by atoms with Crippen LogP contribution in [0.1, 0.15) is 38.2 Å². The molecule has 1 aromatic heterocycles. The van der Waals surface area contributed by atoms with Crippen LogP contribution in [-0.4, -0.2) is 13.1 Å². The summed E-state index contributed by atoms with van der Waals surface area (Å²) in [5, 5.41) is 12.8. The number of ether oxygens (including phenoxy) is 1. The Bertz CT molecular complexity index is 702. The van der Waals surface area contributed by atoms with Crippen molar-refractivity contribution in [3.8, 4) is 6.07 Å². The van der Waals surface area contributed by atoms with Gasteiger partial charge in [0, 0.05) is 11.4 Å². The average molecular weight is 300 g/mol. The molecule has 1 aliphatic rings. The van der Waals surface area contributed by atoms with Crippen LogP contribution in [0.5, 0.6) is 0 Å². The van der Waals surface area contributed by atoms with E-state index in [4.69, 9.17) is 9.15 Å². The van der Waals surface area contributed by atoms with Gasteiger partial charge in [0.1, 0.15) is 11.5 Å². The Labute approximate surface area is 130 Å². The number of rotatable bonds is 3. The van der Waals surface area contributed by atoms with Gasteiger partial charge in [0.15, 0.2) is 0 Å². The number of carbonyl (C=O) groups excluding carboxylic acids is 1. The van der Waals surface area contributed by atoms with Crippen LogP contribution in [0, 0.1) is 24.2 Å². The summed E-state index contributed by atoms with van der Waals surface area (Å²) < 4.78 is 10.6. The zero-order chi connectivity index (χ0) is 16.4. The second-order valence-electron chi connectivity index (χ2n) is 5.63. The molecule has 1 aromatic rings. The number of aryl methyl sites for hydroxylation is 1. The number of methoxy groups -OCH3 is 1. The fourth-order valence-electron chi connectivity index (χ4n) is 2.71. The van der Waals surface area contributed by atoms with Crippen LogP contribution in [-0.2, 0) is 9.53 Å². The van der Waals surface area contributed by atoms with Crippen LogP contribution in [0.25, 0.3) is 0 Å². The highest BCUT2D eigenvalue weighted by Crippen LogP contribution is 2.40. The maximum absolute atomic E-state index is 12.2. The van der Waals surface area contributed by atoms with Gasteiger partial charge in [0.2, 0.25) is 0 Å². The van der Waals surface area contributed by atoms with Crippen LogP contribution in [0.15, 0.2) is 39.1 Å². The summed E-state index contributed by atoms with van der Waals surface area (Å²) >= 11 is 0. The van der Waals surface area contributed by atoms with Crippen molar-refractivity contribution in [3.63, 3.8) is 0 Å². The largest absolute Gasteiger partial charge is 0.466 e. The number of dihydropyridines is 1. The van der Waals surface area contributed by atoms with E-state index in [0.29, 0.717) is 22.6 Å². The van der Waals surface area contributed by atoms with Crippen molar-refractivity contribution < 1.29 is 13.9 Å². The molecule has 0 aromatic carbocycles. The van der Waals surface area contributed by atoms with Gasteiger partial charge < -0.3 is 14.5 Å². The molecule has 0 bridgehead atoms. The third-order valence-corrected chi connectivity index (χ3v) is 3.74. The average Bonchev–Trinajstić information content (AvgIpc) is 2.91. The van der Waals surface area contributed by atoms with Gasteiger partial charge >= 0.3 is 5.97 Å². The molecule has 1 atom stereocenters. The van der Waals surface area contributed by atoms with Gasteiger partial charge in [-0.05, 0) is 31.9 Å². The zero-order valence-corrected chi connectivity index (χ0v) is 13.5. The Hall–Kier alpha value is -2.48. The fourth-order valence-corrected chi connectivity index (χ4v) is 2.71. The Morgan fingerprint density at radius 2 is 2.09 bits per heavy atom. The number of nitrogens with zero attached hydrogens (tertiary/aromatic N) is 1. The SMILES string of the molecule is COC(=O)C1=C(C)NC(C(C)C)=C(C#N)C1c1ccc(C)o1. The first-order valence-electron chi connectivity index (χ1n) is 7.17. The monoisotopic (exact) mass is 300 g/mol. The number of nitrogens with one attached hydrogen (secondary N) is 1. The van der Waals surface area contributed by atoms with E-state index in [0.717, 1.165) is 11.5 Å². The summed E-state index contributed by atoms with van der Waals surface area (Å²) in [6, 6.07) is 5.87. The number of carbonyl (C=O) groups is 1. The van der Waals surface area contributed by atoms with Crippen molar-refractivity contribution in [3.05, 3.63) is 46.2 Å². The molecular formula is C17H20N2O3. The third kappa shape index (κ3) is 2.64. The molecule has 0 saturated carbocycles. The van der Waals surface area contributed by atoms with E-state index in [2.05, 4.69) is 11.4 Å². The second-order valence-corrected chi connectivity index (χ2v) is 5.63. The Morgan fingerprint density at radius 3 is 2.55 bits per heavy atom. The molecule has 0 saturated heterocycles.